The van der Waals surface area contributed by atoms with E-state index in [0.29, 0.717) is 0 Å². The van der Waals surface area contributed by atoms with E-state index < -0.39 is 10.2 Å². The predicted molar refractivity (Wildman–Crippen MR) is 34.5 cm³/mol. The Balaban J connectivity index is 0.000000252. The summed E-state index contributed by atoms with van der Waals surface area (Å²) in [6, 6.07) is 6.08. The van der Waals surface area contributed by atoms with Crippen molar-refractivity contribution in [3.05, 3.63) is 30.6 Å². The average Bonchev–Trinajstić information content (AvgIpc) is 2.03. The van der Waals surface area contributed by atoms with Gasteiger partial charge in [-0.2, -0.15) is 14.0 Å². The van der Waals surface area contributed by atoms with E-state index in [2.05, 4.69) is 23.9 Å². The van der Waals surface area contributed by atoms with Gasteiger partial charge in [0.2, 0.25) is 0 Å². The van der Waals surface area contributed by atoms with Crippen molar-refractivity contribution in [2.24, 2.45) is 0 Å². The quantitative estimate of drug-likeness (QED) is 0.494. The molecule has 74 valence electrons. The van der Waals surface area contributed by atoms with Crippen molar-refractivity contribution in [1.82, 2.24) is 0 Å². The molecule has 0 aliphatic heterocycles. The van der Waals surface area contributed by atoms with Crippen LogP contribution in [0.15, 0.2) is 30.6 Å². The van der Waals surface area contributed by atoms with Crippen LogP contribution < -0.4 is 18.5 Å². The summed E-state index contributed by atoms with van der Waals surface area (Å²) in [7, 11) is -4.69. The van der Waals surface area contributed by atoms with Crippen LogP contribution in [0, 0.1) is 10.2 Å². The maximum atomic E-state index is 8.60. The monoisotopic (exact) mass is 208 g/mol. The van der Waals surface area contributed by atoms with E-state index in [-0.39, 0.29) is 0 Å². The number of aromatic nitrogens is 1. The second-order valence-corrected chi connectivity index (χ2v) is 2.89. The van der Waals surface area contributed by atoms with Crippen LogP contribution in [0.2, 0.25) is 0 Å². The molecule has 5 nitrogen and oxygen atoms in total. The molecular formula is C7H11ClNO4+. The summed E-state index contributed by atoms with van der Waals surface area (Å²) >= 11 is 0. The Labute approximate surface area is 78.2 Å². The highest BCUT2D eigenvalue weighted by atomic mass is 35.7. The standard InChI is InChI=1S/C7H10N.ClHO4/c1-2-8-6-4-3-5-7-8;2-1(3,4)5/h3-7H,2H2,1H3;(H,2,3,4,5)/q+1;. The number of hydrogen-bond acceptors (Lipinski definition) is 4. The first-order chi connectivity index (χ1) is 5.93. The first-order valence-corrected chi connectivity index (χ1v) is 4.77. The van der Waals surface area contributed by atoms with Crippen molar-refractivity contribution in [3.8, 4) is 0 Å². The lowest BCUT2D eigenvalue weighted by molar-refractivity contribution is -1.92. The Morgan fingerprint density at radius 1 is 1.15 bits per heavy atom. The lowest BCUT2D eigenvalue weighted by Gasteiger charge is -2.03. The highest BCUT2D eigenvalue weighted by molar-refractivity contribution is 4.83. The van der Waals surface area contributed by atoms with Gasteiger partial charge in [0.1, 0.15) is 6.54 Å². The van der Waals surface area contributed by atoms with Gasteiger partial charge in [0.25, 0.3) is 0 Å². The molecular weight excluding hydrogens is 198 g/mol. The van der Waals surface area contributed by atoms with Crippen molar-refractivity contribution in [2.45, 2.75) is 13.5 Å². The van der Waals surface area contributed by atoms with E-state index in [4.69, 9.17) is 18.6 Å². The van der Waals surface area contributed by atoms with Gasteiger partial charge >= 0.3 is 0 Å². The minimum atomic E-state index is -4.69. The molecule has 0 aliphatic rings. The van der Waals surface area contributed by atoms with Crippen molar-refractivity contribution < 1.29 is 33.4 Å². The van der Waals surface area contributed by atoms with Gasteiger partial charge in [-0.05, 0) is 6.92 Å². The van der Waals surface area contributed by atoms with Crippen LogP contribution in [-0.2, 0) is 6.54 Å². The number of aryl methyl sites for hydroxylation is 1. The fraction of sp³-hybridized carbons (Fsp3) is 0.286. The molecule has 1 rings (SSSR count). The van der Waals surface area contributed by atoms with E-state index in [1.54, 1.807) is 0 Å². The van der Waals surface area contributed by atoms with Gasteiger partial charge in [0.15, 0.2) is 12.4 Å². The Morgan fingerprint density at radius 3 is 1.77 bits per heavy atom. The molecule has 0 aliphatic carbocycles. The van der Waals surface area contributed by atoms with Crippen molar-refractivity contribution >= 4 is 0 Å². The Morgan fingerprint density at radius 2 is 1.54 bits per heavy atom. The largest absolute Gasteiger partial charge is 0.205 e. The van der Waals surface area contributed by atoms with Gasteiger partial charge in [-0.15, -0.1) is 0 Å². The van der Waals surface area contributed by atoms with Crippen LogP contribution in [0.25, 0.3) is 0 Å². The first-order valence-electron chi connectivity index (χ1n) is 3.51. The molecule has 1 heterocycles. The second kappa shape index (κ2) is 5.85. The van der Waals surface area contributed by atoms with Crippen LogP contribution in [-0.4, -0.2) is 4.66 Å². The van der Waals surface area contributed by atoms with Gasteiger partial charge in [0, 0.05) is 12.1 Å². The highest BCUT2D eigenvalue weighted by Gasteiger charge is 1.98. The lowest BCUT2D eigenvalue weighted by atomic mass is 10.5. The van der Waals surface area contributed by atoms with E-state index in [9.17, 15) is 0 Å². The van der Waals surface area contributed by atoms with Crippen molar-refractivity contribution in [3.63, 3.8) is 0 Å². The number of hydrogen-bond donors (Lipinski definition) is 1. The highest BCUT2D eigenvalue weighted by Crippen LogP contribution is 1.74. The van der Waals surface area contributed by atoms with Crippen molar-refractivity contribution in [1.29, 1.82) is 0 Å². The fourth-order valence-corrected chi connectivity index (χ4v) is 0.645. The zero-order valence-corrected chi connectivity index (χ0v) is 7.85. The molecule has 0 atom stereocenters. The molecule has 0 aromatic carbocycles. The Bertz CT molecular complexity index is 218. The van der Waals surface area contributed by atoms with Gasteiger partial charge in [-0.3, -0.25) is 0 Å². The third-order valence-corrected chi connectivity index (χ3v) is 1.14. The van der Waals surface area contributed by atoms with Gasteiger partial charge < -0.3 is 0 Å². The summed E-state index contributed by atoms with van der Waals surface area (Å²) in [4.78, 5) is 0. The SMILES string of the molecule is CC[n+]1ccccc1.[O-][Cl+3]([O-])([O-])O. The molecule has 0 unspecified atom stereocenters. The van der Waals surface area contributed by atoms with Crippen LogP contribution >= 0.6 is 0 Å². The zero-order chi connectivity index (χ0) is 10.3. The Kier molecular flexibility index (Phi) is 5.52. The van der Waals surface area contributed by atoms with Crippen LogP contribution in [0.5, 0.6) is 0 Å². The number of nitrogens with zero attached hydrogens (tertiary/aromatic N) is 1. The zero-order valence-electron chi connectivity index (χ0n) is 7.09. The normalized spacial score (nSPS) is 10.2. The van der Waals surface area contributed by atoms with Gasteiger partial charge in [-0.1, -0.05) is 6.07 Å². The van der Waals surface area contributed by atoms with E-state index in [1.807, 2.05) is 18.2 Å². The Hall–Kier alpha value is -0.720. The molecule has 1 aromatic rings. The first kappa shape index (κ1) is 12.3. The molecule has 0 saturated carbocycles. The topological polar surface area (TPSA) is 93.3 Å². The maximum Gasteiger partial charge on any atom is 0.168 e. The molecule has 0 amide bonds. The molecule has 1 aromatic heterocycles. The van der Waals surface area contributed by atoms with E-state index in [1.165, 1.54) is 0 Å². The fourth-order valence-electron chi connectivity index (χ4n) is 0.645. The smallest absolute Gasteiger partial charge is 0.168 e. The summed E-state index contributed by atoms with van der Waals surface area (Å²) in [5.41, 5.74) is 0. The molecule has 0 radical (unpaired) electrons. The van der Waals surface area contributed by atoms with E-state index >= 15 is 0 Å². The average molecular weight is 209 g/mol. The third kappa shape index (κ3) is 11.3. The molecule has 0 saturated heterocycles. The maximum absolute atomic E-state index is 8.60. The predicted octanol–water partition coefficient (Wildman–Crippen LogP) is -3.13. The summed E-state index contributed by atoms with van der Waals surface area (Å²) < 4.78 is 34.8. The molecule has 6 heteroatoms. The summed E-state index contributed by atoms with van der Waals surface area (Å²) in [5.74, 6) is 0. The minimum absolute atomic E-state index is 1.06. The van der Waals surface area contributed by atoms with Crippen LogP contribution in [0.4, 0.5) is 0 Å². The molecule has 0 spiro atoms. The van der Waals surface area contributed by atoms with Crippen LogP contribution in [0.1, 0.15) is 6.92 Å². The lowest BCUT2D eigenvalue weighted by Crippen LogP contribution is -2.58. The summed E-state index contributed by atoms with van der Waals surface area (Å²) in [6.45, 7) is 3.18. The molecule has 0 bridgehead atoms. The number of halogens is 1. The molecule has 1 N–H and O–H groups in total. The minimum Gasteiger partial charge on any atom is -0.205 e. The third-order valence-electron chi connectivity index (χ3n) is 1.14. The van der Waals surface area contributed by atoms with E-state index in [0.717, 1.165) is 6.54 Å². The summed E-state index contributed by atoms with van der Waals surface area (Å²) in [5, 5.41) is 0. The van der Waals surface area contributed by atoms with Crippen LogP contribution in [0.3, 0.4) is 0 Å². The van der Waals surface area contributed by atoms with Gasteiger partial charge in [-0.25, -0.2) is 4.57 Å². The number of rotatable bonds is 1. The molecule has 0 fully saturated rings. The summed E-state index contributed by atoms with van der Waals surface area (Å²) in [6.07, 6.45) is 4.11. The van der Waals surface area contributed by atoms with Crippen molar-refractivity contribution in [2.75, 3.05) is 0 Å². The van der Waals surface area contributed by atoms with Gasteiger partial charge in [0.05, 0.1) is 14.9 Å². The number of pyridine rings is 1. The second-order valence-electron chi connectivity index (χ2n) is 2.10. The molecule has 13 heavy (non-hydrogen) atoms.